The molecule has 1 fully saturated rings. The lowest BCUT2D eigenvalue weighted by Crippen LogP contribution is -2.51. The first-order valence-electron chi connectivity index (χ1n) is 4.98. The van der Waals surface area contributed by atoms with Crippen molar-refractivity contribution in [1.82, 2.24) is 4.90 Å². The molecule has 0 radical (unpaired) electrons. The van der Waals surface area contributed by atoms with Gasteiger partial charge in [-0.05, 0) is 26.4 Å². The molecule has 0 aromatic heterocycles. The SMILES string of the molecule is CCC(=O)C1(C(=O)O)CCCN(C)C1. The molecule has 1 unspecified atom stereocenters. The molecule has 4 nitrogen and oxygen atoms in total. The molecule has 0 aromatic rings. The zero-order valence-corrected chi connectivity index (χ0v) is 8.75. The van der Waals surface area contributed by atoms with Gasteiger partial charge in [-0.1, -0.05) is 6.92 Å². The smallest absolute Gasteiger partial charge is 0.318 e. The summed E-state index contributed by atoms with van der Waals surface area (Å²) in [7, 11) is 1.86. The third-order valence-corrected chi connectivity index (χ3v) is 2.95. The standard InChI is InChI=1S/C10H17NO3/c1-3-8(12)10(9(13)14)5-4-6-11(2)7-10/h3-7H2,1-2H3,(H,13,14). The molecule has 1 rings (SSSR count). The Bertz CT molecular complexity index is 252. The third-order valence-electron chi connectivity index (χ3n) is 2.95. The molecule has 1 aliphatic rings. The molecule has 1 heterocycles. The van der Waals surface area contributed by atoms with Crippen LogP contribution in [-0.4, -0.2) is 41.9 Å². The first-order chi connectivity index (χ1) is 6.53. The maximum Gasteiger partial charge on any atom is 0.318 e. The van der Waals surface area contributed by atoms with Gasteiger partial charge in [0, 0.05) is 13.0 Å². The van der Waals surface area contributed by atoms with Crippen molar-refractivity contribution in [3.63, 3.8) is 0 Å². The summed E-state index contributed by atoms with van der Waals surface area (Å²) in [6.45, 7) is 2.96. The van der Waals surface area contributed by atoms with Gasteiger partial charge in [0.1, 0.15) is 5.41 Å². The van der Waals surface area contributed by atoms with Gasteiger partial charge >= 0.3 is 5.97 Å². The van der Waals surface area contributed by atoms with Crippen LogP contribution in [0.5, 0.6) is 0 Å². The number of hydrogen-bond acceptors (Lipinski definition) is 3. The van der Waals surface area contributed by atoms with Crippen LogP contribution in [0.15, 0.2) is 0 Å². The highest BCUT2D eigenvalue weighted by molar-refractivity contribution is 6.03. The molecule has 0 saturated carbocycles. The number of ketones is 1. The van der Waals surface area contributed by atoms with E-state index < -0.39 is 11.4 Å². The number of likely N-dealkylation sites (tertiary alicyclic amines) is 1. The van der Waals surface area contributed by atoms with Crippen molar-refractivity contribution in [3.05, 3.63) is 0 Å². The normalized spacial score (nSPS) is 28.7. The monoisotopic (exact) mass is 199 g/mol. The van der Waals surface area contributed by atoms with Crippen molar-refractivity contribution in [2.45, 2.75) is 26.2 Å². The maximum atomic E-state index is 11.7. The molecule has 0 amide bonds. The Kier molecular flexibility index (Phi) is 3.26. The first kappa shape index (κ1) is 11.2. The lowest BCUT2D eigenvalue weighted by molar-refractivity contribution is -0.158. The number of rotatable bonds is 3. The molecule has 1 saturated heterocycles. The zero-order chi connectivity index (χ0) is 10.8. The van der Waals surface area contributed by atoms with E-state index in [1.54, 1.807) is 6.92 Å². The molecule has 0 bridgehead atoms. The van der Waals surface area contributed by atoms with Gasteiger partial charge in [0.05, 0.1) is 0 Å². The lowest BCUT2D eigenvalue weighted by Gasteiger charge is -2.36. The van der Waals surface area contributed by atoms with Gasteiger partial charge in [-0.2, -0.15) is 0 Å². The van der Waals surface area contributed by atoms with Gasteiger partial charge in [-0.15, -0.1) is 0 Å². The summed E-state index contributed by atoms with van der Waals surface area (Å²) in [6.07, 6.45) is 1.58. The van der Waals surface area contributed by atoms with Crippen LogP contribution in [0.4, 0.5) is 0 Å². The number of hydrogen-bond donors (Lipinski definition) is 1. The first-order valence-corrected chi connectivity index (χ1v) is 4.98. The summed E-state index contributed by atoms with van der Waals surface area (Å²) < 4.78 is 0. The highest BCUT2D eigenvalue weighted by atomic mass is 16.4. The molecular formula is C10H17NO3. The van der Waals surface area contributed by atoms with E-state index >= 15 is 0 Å². The van der Waals surface area contributed by atoms with E-state index in [4.69, 9.17) is 5.11 Å². The Balaban J connectivity index is 2.91. The van der Waals surface area contributed by atoms with Gasteiger partial charge in [0.2, 0.25) is 0 Å². The van der Waals surface area contributed by atoms with Gasteiger partial charge in [-0.25, -0.2) is 0 Å². The van der Waals surface area contributed by atoms with Crippen LogP contribution in [0.1, 0.15) is 26.2 Å². The van der Waals surface area contributed by atoms with Crippen molar-refractivity contribution in [2.24, 2.45) is 5.41 Å². The molecule has 0 spiro atoms. The molecule has 4 heteroatoms. The lowest BCUT2D eigenvalue weighted by atomic mass is 9.75. The summed E-state index contributed by atoms with van der Waals surface area (Å²) in [6, 6.07) is 0. The Morgan fingerprint density at radius 1 is 1.50 bits per heavy atom. The van der Waals surface area contributed by atoms with Crippen molar-refractivity contribution >= 4 is 11.8 Å². The number of carboxylic acids is 1. The quantitative estimate of drug-likeness (QED) is 0.682. The number of carbonyl (C=O) groups excluding carboxylic acids is 1. The average molecular weight is 199 g/mol. The molecule has 1 N–H and O–H groups in total. The van der Waals surface area contributed by atoms with Crippen molar-refractivity contribution in [2.75, 3.05) is 20.1 Å². The Hall–Kier alpha value is -0.900. The van der Waals surface area contributed by atoms with E-state index in [0.717, 1.165) is 13.0 Å². The van der Waals surface area contributed by atoms with Crippen LogP contribution < -0.4 is 0 Å². The van der Waals surface area contributed by atoms with E-state index in [1.807, 2.05) is 11.9 Å². The Morgan fingerprint density at radius 3 is 2.57 bits per heavy atom. The zero-order valence-electron chi connectivity index (χ0n) is 8.75. The van der Waals surface area contributed by atoms with Crippen LogP contribution in [0, 0.1) is 5.41 Å². The summed E-state index contributed by atoms with van der Waals surface area (Å²) in [5.74, 6) is -1.10. The number of Topliss-reactive ketones (excluding diaryl/α,β-unsaturated/α-hetero) is 1. The average Bonchev–Trinajstić information content (AvgIpc) is 2.16. The van der Waals surface area contributed by atoms with Gasteiger partial charge in [-0.3, -0.25) is 9.59 Å². The Morgan fingerprint density at radius 2 is 2.14 bits per heavy atom. The fraction of sp³-hybridized carbons (Fsp3) is 0.800. The van der Waals surface area contributed by atoms with Crippen molar-refractivity contribution < 1.29 is 14.7 Å². The minimum absolute atomic E-state index is 0.142. The van der Waals surface area contributed by atoms with E-state index in [1.165, 1.54) is 0 Å². The predicted octanol–water partition coefficient (Wildman–Crippen LogP) is 0.762. The molecule has 0 aliphatic carbocycles. The predicted molar refractivity (Wildman–Crippen MR) is 52.1 cm³/mol. The fourth-order valence-corrected chi connectivity index (χ4v) is 2.13. The molecular weight excluding hydrogens is 182 g/mol. The molecule has 80 valence electrons. The number of aliphatic carboxylic acids is 1. The summed E-state index contributed by atoms with van der Waals surface area (Å²) in [4.78, 5) is 24.8. The second-order valence-electron chi connectivity index (χ2n) is 4.01. The highest BCUT2D eigenvalue weighted by Crippen LogP contribution is 2.31. The molecule has 1 aliphatic heterocycles. The van der Waals surface area contributed by atoms with Crippen LogP contribution >= 0.6 is 0 Å². The van der Waals surface area contributed by atoms with Crippen LogP contribution in [0.25, 0.3) is 0 Å². The molecule has 0 aromatic carbocycles. The van der Waals surface area contributed by atoms with E-state index in [2.05, 4.69) is 0 Å². The van der Waals surface area contributed by atoms with Crippen LogP contribution in [-0.2, 0) is 9.59 Å². The number of piperidine rings is 1. The summed E-state index contributed by atoms with van der Waals surface area (Å²) >= 11 is 0. The number of carbonyl (C=O) groups is 2. The van der Waals surface area contributed by atoms with Gasteiger partial charge < -0.3 is 10.0 Å². The minimum atomic E-state index is -1.14. The largest absolute Gasteiger partial charge is 0.480 e. The van der Waals surface area contributed by atoms with E-state index in [9.17, 15) is 9.59 Å². The van der Waals surface area contributed by atoms with Crippen molar-refractivity contribution in [3.8, 4) is 0 Å². The second-order valence-corrected chi connectivity index (χ2v) is 4.01. The maximum absolute atomic E-state index is 11.7. The fourth-order valence-electron chi connectivity index (χ4n) is 2.13. The van der Waals surface area contributed by atoms with Crippen LogP contribution in [0.2, 0.25) is 0 Å². The molecule has 14 heavy (non-hydrogen) atoms. The highest BCUT2D eigenvalue weighted by Gasteiger charge is 2.46. The number of nitrogens with zero attached hydrogens (tertiary/aromatic N) is 1. The molecule has 1 atom stereocenters. The van der Waals surface area contributed by atoms with Gasteiger partial charge in [0.25, 0.3) is 0 Å². The second kappa shape index (κ2) is 4.09. The third kappa shape index (κ3) is 1.80. The van der Waals surface area contributed by atoms with Gasteiger partial charge in [0.15, 0.2) is 5.78 Å². The van der Waals surface area contributed by atoms with E-state index in [-0.39, 0.29) is 5.78 Å². The Labute approximate surface area is 83.9 Å². The van der Waals surface area contributed by atoms with Crippen molar-refractivity contribution in [1.29, 1.82) is 0 Å². The summed E-state index contributed by atoms with van der Waals surface area (Å²) in [5.41, 5.74) is -1.14. The number of carboxylic acid groups (broad SMARTS) is 1. The topological polar surface area (TPSA) is 57.6 Å². The minimum Gasteiger partial charge on any atom is -0.480 e. The summed E-state index contributed by atoms with van der Waals surface area (Å²) in [5, 5.41) is 9.16. The van der Waals surface area contributed by atoms with E-state index in [0.29, 0.717) is 19.4 Å². The van der Waals surface area contributed by atoms with Crippen LogP contribution in [0.3, 0.4) is 0 Å².